The van der Waals surface area contributed by atoms with Crippen LogP contribution in [0.25, 0.3) is 11.0 Å². The molecule has 0 saturated carbocycles. The fraction of sp³-hybridized carbons (Fsp3) is 0.143. The van der Waals surface area contributed by atoms with E-state index in [4.69, 9.17) is 0 Å². The van der Waals surface area contributed by atoms with E-state index in [0.29, 0.717) is 6.54 Å². The second kappa shape index (κ2) is 4.58. The van der Waals surface area contributed by atoms with E-state index < -0.39 is 6.10 Å². The Balaban J connectivity index is 1.89. The molecule has 0 spiro atoms. The first-order valence-corrected chi connectivity index (χ1v) is 5.82. The molecular weight excluding hydrogens is 226 g/mol. The lowest BCUT2D eigenvalue weighted by atomic mass is 10.1. The summed E-state index contributed by atoms with van der Waals surface area (Å²) >= 11 is 0. The van der Waals surface area contributed by atoms with Gasteiger partial charge < -0.3 is 9.67 Å². The number of aromatic nitrogens is 3. The first-order valence-electron chi connectivity index (χ1n) is 5.82. The van der Waals surface area contributed by atoms with Crippen LogP contribution in [0.2, 0.25) is 0 Å². The number of hydrogen-bond donors (Lipinski definition) is 1. The predicted octanol–water partition coefficient (Wildman–Crippen LogP) is 2.16. The Labute approximate surface area is 105 Å². The summed E-state index contributed by atoms with van der Waals surface area (Å²) in [4.78, 5) is 8.31. The Morgan fingerprint density at radius 1 is 1.17 bits per heavy atom. The van der Waals surface area contributed by atoms with E-state index in [-0.39, 0.29) is 0 Å². The third-order valence-electron chi connectivity index (χ3n) is 2.97. The maximum Gasteiger partial charge on any atom is 0.0984 e. The molecule has 0 saturated heterocycles. The number of imidazole rings is 1. The average molecular weight is 239 g/mol. The van der Waals surface area contributed by atoms with Crippen LogP contribution in [0, 0.1) is 0 Å². The van der Waals surface area contributed by atoms with Gasteiger partial charge in [-0.1, -0.05) is 18.2 Å². The van der Waals surface area contributed by atoms with Crippen molar-refractivity contribution in [2.75, 3.05) is 0 Å². The molecule has 0 aliphatic carbocycles. The second-order valence-electron chi connectivity index (χ2n) is 4.19. The molecule has 90 valence electrons. The largest absolute Gasteiger partial charge is 0.386 e. The standard InChI is InChI=1S/C14H13N3O/c18-14(11-4-3-7-15-8-11)9-17-10-16-12-5-1-2-6-13(12)17/h1-8,10,14,18H,9H2. The molecule has 1 unspecified atom stereocenters. The van der Waals surface area contributed by atoms with Crippen molar-refractivity contribution in [2.24, 2.45) is 0 Å². The summed E-state index contributed by atoms with van der Waals surface area (Å²) in [6.07, 6.45) is 4.56. The van der Waals surface area contributed by atoms with Gasteiger partial charge >= 0.3 is 0 Å². The van der Waals surface area contributed by atoms with E-state index in [2.05, 4.69) is 9.97 Å². The van der Waals surface area contributed by atoms with Gasteiger partial charge in [-0.15, -0.1) is 0 Å². The molecule has 1 N–H and O–H groups in total. The van der Waals surface area contributed by atoms with E-state index >= 15 is 0 Å². The molecule has 3 aromatic rings. The molecule has 18 heavy (non-hydrogen) atoms. The van der Waals surface area contributed by atoms with Gasteiger partial charge in [-0.3, -0.25) is 4.98 Å². The Kier molecular flexibility index (Phi) is 2.78. The molecule has 1 atom stereocenters. The first-order chi connectivity index (χ1) is 8.84. The highest BCUT2D eigenvalue weighted by molar-refractivity contribution is 5.74. The van der Waals surface area contributed by atoms with Crippen LogP contribution in [-0.2, 0) is 6.54 Å². The number of aliphatic hydroxyl groups is 1. The summed E-state index contributed by atoms with van der Waals surface area (Å²) < 4.78 is 1.95. The molecule has 0 amide bonds. The lowest BCUT2D eigenvalue weighted by Gasteiger charge is -2.11. The third-order valence-corrected chi connectivity index (χ3v) is 2.97. The van der Waals surface area contributed by atoms with Crippen LogP contribution in [0.15, 0.2) is 55.1 Å². The molecule has 4 heteroatoms. The van der Waals surface area contributed by atoms with Crippen LogP contribution < -0.4 is 0 Å². The number of benzene rings is 1. The summed E-state index contributed by atoms with van der Waals surface area (Å²) in [5.74, 6) is 0. The summed E-state index contributed by atoms with van der Waals surface area (Å²) in [7, 11) is 0. The van der Waals surface area contributed by atoms with Gasteiger partial charge in [0.2, 0.25) is 0 Å². The van der Waals surface area contributed by atoms with Gasteiger partial charge in [0, 0.05) is 18.0 Å². The van der Waals surface area contributed by atoms with Gasteiger partial charge in [0.1, 0.15) is 0 Å². The van der Waals surface area contributed by atoms with Crippen LogP contribution >= 0.6 is 0 Å². The van der Waals surface area contributed by atoms with Gasteiger partial charge in [-0.25, -0.2) is 4.98 Å². The number of hydrogen-bond acceptors (Lipinski definition) is 3. The Bertz CT molecular complexity index is 648. The molecule has 0 aliphatic rings. The lowest BCUT2D eigenvalue weighted by Crippen LogP contribution is -2.07. The zero-order chi connectivity index (χ0) is 12.4. The van der Waals surface area contributed by atoms with Crippen LogP contribution in [-0.4, -0.2) is 19.6 Å². The van der Waals surface area contributed by atoms with Crippen molar-refractivity contribution >= 4 is 11.0 Å². The Morgan fingerprint density at radius 3 is 2.89 bits per heavy atom. The summed E-state index contributed by atoms with van der Waals surface area (Å²) in [5, 5.41) is 10.2. The van der Waals surface area contributed by atoms with Crippen molar-refractivity contribution in [2.45, 2.75) is 12.6 Å². The van der Waals surface area contributed by atoms with Crippen LogP contribution in [0.1, 0.15) is 11.7 Å². The zero-order valence-electron chi connectivity index (χ0n) is 9.77. The van der Waals surface area contributed by atoms with Gasteiger partial charge in [0.05, 0.1) is 30.0 Å². The highest BCUT2D eigenvalue weighted by Gasteiger charge is 2.10. The molecule has 4 nitrogen and oxygen atoms in total. The number of rotatable bonds is 3. The number of para-hydroxylation sites is 2. The number of aliphatic hydroxyl groups excluding tert-OH is 1. The predicted molar refractivity (Wildman–Crippen MR) is 68.9 cm³/mol. The topological polar surface area (TPSA) is 50.9 Å². The maximum absolute atomic E-state index is 10.2. The van der Waals surface area contributed by atoms with E-state index in [1.165, 1.54) is 0 Å². The quantitative estimate of drug-likeness (QED) is 0.762. The van der Waals surface area contributed by atoms with Crippen LogP contribution in [0.5, 0.6) is 0 Å². The number of pyridine rings is 1. The Hall–Kier alpha value is -2.20. The average Bonchev–Trinajstić information content (AvgIpc) is 2.83. The van der Waals surface area contributed by atoms with Crippen molar-refractivity contribution in [1.29, 1.82) is 0 Å². The normalized spacial score (nSPS) is 12.7. The molecule has 0 radical (unpaired) electrons. The van der Waals surface area contributed by atoms with Crippen LogP contribution in [0.3, 0.4) is 0 Å². The zero-order valence-corrected chi connectivity index (χ0v) is 9.77. The summed E-state index contributed by atoms with van der Waals surface area (Å²) in [5.41, 5.74) is 2.78. The lowest BCUT2D eigenvalue weighted by molar-refractivity contribution is 0.157. The minimum absolute atomic E-state index is 0.478. The third kappa shape index (κ3) is 1.98. The van der Waals surface area contributed by atoms with E-state index in [1.807, 2.05) is 41.0 Å². The van der Waals surface area contributed by atoms with E-state index in [1.54, 1.807) is 18.7 Å². The van der Waals surface area contributed by atoms with Gasteiger partial charge in [-0.05, 0) is 18.2 Å². The minimum Gasteiger partial charge on any atom is -0.386 e. The molecule has 2 heterocycles. The SMILES string of the molecule is OC(Cn1cnc2ccccc21)c1cccnc1. The van der Waals surface area contributed by atoms with Crippen LogP contribution in [0.4, 0.5) is 0 Å². The minimum atomic E-state index is -0.573. The monoisotopic (exact) mass is 239 g/mol. The molecule has 0 bridgehead atoms. The molecule has 1 aromatic carbocycles. The van der Waals surface area contributed by atoms with E-state index in [9.17, 15) is 5.11 Å². The van der Waals surface area contributed by atoms with Gasteiger partial charge in [0.15, 0.2) is 0 Å². The fourth-order valence-corrected chi connectivity index (χ4v) is 2.02. The molecule has 3 rings (SSSR count). The highest BCUT2D eigenvalue weighted by Crippen LogP contribution is 2.17. The molecular formula is C14H13N3O. The van der Waals surface area contributed by atoms with Gasteiger partial charge in [-0.2, -0.15) is 0 Å². The number of nitrogens with zero attached hydrogens (tertiary/aromatic N) is 3. The van der Waals surface area contributed by atoms with Crippen molar-refractivity contribution in [3.63, 3.8) is 0 Å². The summed E-state index contributed by atoms with van der Waals surface area (Å²) in [6, 6.07) is 11.6. The maximum atomic E-state index is 10.2. The molecule has 0 fully saturated rings. The van der Waals surface area contributed by atoms with Crippen molar-refractivity contribution < 1.29 is 5.11 Å². The smallest absolute Gasteiger partial charge is 0.0984 e. The molecule has 0 aliphatic heterocycles. The van der Waals surface area contributed by atoms with Crippen molar-refractivity contribution in [3.8, 4) is 0 Å². The Morgan fingerprint density at radius 2 is 2.06 bits per heavy atom. The van der Waals surface area contributed by atoms with Crippen molar-refractivity contribution in [3.05, 3.63) is 60.7 Å². The highest BCUT2D eigenvalue weighted by atomic mass is 16.3. The molecule has 2 aromatic heterocycles. The van der Waals surface area contributed by atoms with Gasteiger partial charge in [0.25, 0.3) is 0 Å². The first kappa shape index (κ1) is 10.9. The second-order valence-corrected chi connectivity index (χ2v) is 4.19. The van der Waals surface area contributed by atoms with Crippen molar-refractivity contribution in [1.82, 2.24) is 14.5 Å². The summed E-state index contributed by atoms with van der Waals surface area (Å²) in [6.45, 7) is 0.478. The fourth-order valence-electron chi connectivity index (χ4n) is 2.02. The van der Waals surface area contributed by atoms with E-state index in [0.717, 1.165) is 16.6 Å². The number of fused-ring (bicyclic) bond motifs is 1.